The highest BCUT2D eigenvalue weighted by atomic mass is 35.5. The third kappa shape index (κ3) is 4.61. The smallest absolute Gasteiger partial charge is 0.262 e. The van der Waals surface area contributed by atoms with Crippen molar-refractivity contribution in [2.45, 2.75) is 26.2 Å². The molecule has 1 amide bonds. The van der Waals surface area contributed by atoms with E-state index in [0.717, 1.165) is 24.8 Å². The molecule has 0 saturated carbocycles. The lowest BCUT2D eigenvalue weighted by atomic mass is 10.2. The summed E-state index contributed by atoms with van der Waals surface area (Å²) >= 11 is 12.1. The summed E-state index contributed by atoms with van der Waals surface area (Å²) in [7, 11) is 0. The summed E-state index contributed by atoms with van der Waals surface area (Å²) in [5.41, 5.74) is 6.32. The van der Waals surface area contributed by atoms with Gasteiger partial charge in [0.05, 0.1) is 10.0 Å². The van der Waals surface area contributed by atoms with Gasteiger partial charge in [-0.15, -0.1) is 11.3 Å². The van der Waals surface area contributed by atoms with E-state index in [2.05, 4.69) is 5.32 Å². The molecule has 0 spiro atoms. The molecule has 0 radical (unpaired) electrons. The van der Waals surface area contributed by atoms with Gasteiger partial charge in [0.1, 0.15) is 4.88 Å². The minimum atomic E-state index is -0.108. The van der Waals surface area contributed by atoms with Gasteiger partial charge in [0, 0.05) is 6.54 Å². The predicted molar refractivity (Wildman–Crippen MR) is 77.0 cm³/mol. The maximum Gasteiger partial charge on any atom is 0.262 e. The van der Waals surface area contributed by atoms with Gasteiger partial charge in [-0.05, 0) is 37.1 Å². The van der Waals surface area contributed by atoms with Crippen LogP contribution in [0.4, 0.5) is 0 Å². The Balaban J connectivity index is 2.31. The van der Waals surface area contributed by atoms with E-state index >= 15 is 0 Å². The van der Waals surface area contributed by atoms with E-state index in [-0.39, 0.29) is 5.91 Å². The van der Waals surface area contributed by atoms with Crippen LogP contribution < -0.4 is 11.1 Å². The van der Waals surface area contributed by atoms with Crippen LogP contribution in [0.5, 0.6) is 0 Å². The Kier molecular flexibility index (Phi) is 5.88. The number of halogens is 1. The Hall–Kier alpha value is -0.650. The molecule has 0 aliphatic carbocycles. The lowest BCUT2D eigenvalue weighted by molar-refractivity contribution is 0.0957. The van der Waals surface area contributed by atoms with Gasteiger partial charge in [-0.3, -0.25) is 4.79 Å². The first-order chi connectivity index (χ1) is 8.02. The van der Waals surface area contributed by atoms with Crippen molar-refractivity contribution in [1.82, 2.24) is 5.32 Å². The average Bonchev–Trinajstić information content (AvgIpc) is 2.59. The number of hydrogen-bond acceptors (Lipinski definition) is 3. The Morgan fingerprint density at radius 2 is 2.29 bits per heavy atom. The van der Waals surface area contributed by atoms with Crippen LogP contribution in [0.25, 0.3) is 0 Å². The van der Waals surface area contributed by atoms with Crippen molar-refractivity contribution >= 4 is 46.1 Å². The van der Waals surface area contributed by atoms with E-state index in [0.29, 0.717) is 21.4 Å². The highest BCUT2D eigenvalue weighted by Gasteiger charge is 2.13. The maximum atomic E-state index is 11.7. The van der Waals surface area contributed by atoms with Gasteiger partial charge in [-0.1, -0.05) is 23.8 Å². The van der Waals surface area contributed by atoms with Gasteiger partial charge in [0.2, 0.25) is 0 Å². The lowest BCUT2D eigenvalue weighted by Crippen LogP contribution is -2.24. The Labute approximate surface area is 115 Å². The minimum Gasteiger partial charge on any atom is -0.393 e. The van der Waals surface area contributed by atoms with E-state index in [4.69, 9.17) is 29.6 Å². The quantitative estimate of drug-likeness (QED) is 0.626. The molecule has 0 bridgehead atoms. The van der Waals surface area contributed by atoms with Gasteiger partial charge in [-0.2, -0.15) is 0 Å². The number of rotatable bonds is 6. The van der Waals surface area contributed by atoms with Crippen LogP contribution in [0.2, 0.25) is 5.02 Å². The topological polar surface area (TPSA) is 55.1 Å². The summed E-state index contributed by atoms with van der Waals surface area (Å²) in [4.78, 5) is 12.8. The molecule has 0 aliphatic rings. The van der Waals surface area contributed by atoms with Gasteiger partial charge < -0.3 is 11.1 Å². The van der Waals surface area contributed by atoms with Crippen molar-refractivity contribution in [1.29, 1.82) is 0 Å². The largest absolute Gasteiger partial charge is 0.393 e. The number of nitrogens with one attached hydrogen (secondary N) is 1. The molecule has 1 heterocycles. The number of carbonyl (C=O) groups excluding carboxylic acids is 1. The van der Waals surface area contributed by atoms with E-state index in [1.165, 1.54) is 11.3 Å². The third-order valence-corrected chi connectivity index (χ3v) is 4.14. The van der Waals surface area contributed by atoms with Gasteiger partial charge >= 0.3 is 0 Å². The first kappa shape index (κ1) is 14.4. The molecule has 3 nitrogen and oxygen atoms in total. The molecular formula is C11H15ClN2OS2. The molecule has 1 aromatic heterocycles. The molecule has 94 valence electrons. The molecule has 0 atom stereocenters. The highest BCUT2D eigenvalue weighted by molar-refractivity contribution is 7.80. The van der Waals surface area contributed by atoms with Crippen LogP contribution in [-0.4, -0.2) is 17.4 Å². The van der Waals surface area contributed by atoms with Crippen molar-refractivity contribution < 1.29 is 4.79 Å². The van der Waals surface area contributed by atoms with Crippen molar-refractivity contribution in [2.75, 3.05) is 6.54 Å². The normalized spacial score (nSPS) is 10.2. The molecule has 0 aliphatic heterocycles. The summed E-state index contributed by atoms with van der Waals surface area (Å²) < 4.78 is 0. The second kappa shape index (κ2) is 6.93. The van der Waals surface area contributed by atoms with Crippen LogP contribution in [0.1, 0.15) is 34.5 Å². The molecule has 6 heteroatoms. The predicted octanol–water partition coefficient (Wildman–Crippen LogP) is 2.90. The molecule has 1 rings (SSSR count). The van der Waals surface area contributed by atoms with E-state index in [1.807, 2.05) is 12.3 Å². The average molecular weight is 291 g/mol. The minimum absolute atomic E-state index is 0.108. The van der Waals surface area contributed by atoms with Crippen molar-refractivity contribution in [3.05, 3.63) is 20.8 Å². The summed E-state index contributed by atoms with van der Waals surface area (Å²) in [6, 6.07) is 0. The molecule has 0 saturated heterocycles. The second-order valence-electron chi connectivity index (χ2n) is 3.74. The van der Waals surface area contributed by atoms with Crippen LogP contribution in [0.15, 0.2) is 5.38 Å². The zero-order chi connectivity index (χ0) is 12.8. The molecule has 0 aromatic carbocycles. The number of aryl methyl sites for hydroxylation is 1. The highest BCUT2D eigenvalue weighted by Crippen LogP contribution is 2.26. The van der Waals surface area contributed by atoms with Crippen molar-refractivity contribution in [3.8, 4) is 0 Å². The molecule has 3 N–H and O–H groups in total. The molecule has 17 heavy (non-hydrogen) atoms. The number of hydrogen-bond donors (Lipinski definition) is 2. The summed E-state index contributed by atoms with van der Waals surface area (Å²) in [6.07, 6.45) is 2.49. The number of thiocarbonyl (C=S) groups is 1. The Bertz CT molecular complexity index is 418. The third-order valence-electron chi connectivity index (χ3n) is 2.24. The fraction of sp³-hybridized carbons (Fsp3) is 0.455. The van der Waals surface area contributed by atoms with Gasteiger partial charge in [0.25, 0.3) is 5.91 Å². The standard InChI is InChI=1S/C11H15ClN2OS2/c1-7-6-17-10(9(7)12)11(15)14-5-3-2-4-8(13)16/h6H,2-5H2,1H3,(H2,13,16)(H,14,15). The molecule has 1 aromatic rings. The lowest BCUT2D eigenvalue weighted by Gasteiger charge is -2.03. The first-order valence-corrected chi connectivity index (χ1v) is 6.99. The van der Waals surface area contributed by atoms with E-state index in [9.17, 15) is 4.79 Å². The summed E-state index contributed by atoms with van der Waals surface area (Å²) in [6.45, 7) is 2.51. The monoisotopic (exact) mass is 290 g/mol. The summed E-state index contributed by atoms with van der Waals surface area (Å²) in [5.74, 6) is -0.108. The number of thiophene rings is 1. The van der Waals surface area contributed by atoms with E-state index < -0.39 is 0 Å². The fourth-order valence-electron chi connectivity index (χ4n) is 1.29. The molecule has 0 fully saturated rings. The Morgan fingerprint density at radius 3 is 2.82 bits per heavy atom. The fourth-order valence-corrected chi connectivity index (χ4v) is 2.63. The number of carbonyl (C=O) groups is 1. The molecular weight excluding hydrogens is 276 g/mol. The van der Waals surface area contributed by atoms with E-state index in [1.54, 1.807) is 0 Å². The molecule has 0 unspecified atom stereocenters. The van der Waals surface area contributed by atoms with Crippen LogP contribution in [0.3, 0.4) is 0 Å². The van der Waals surface area contributed by atoms with Gasteiger partial charge in [0.15, 0.2) is 0 Å². The number of unbranched alkanes of at least 4 members (excludes halogenated alkanes) is 1. The number of amides is 1. The second-order valence-corrected chi connectivity index (χ2v) is 5.52. The Morgan fingerprint density at radius 1 is 1.59 bits per heavy atom. The van der Waals surface area contributed by atoms with Crippen molar-refractivity contribution in [3.63, 3.8) is 0 Å². The van der Waals surface area contributed by atoms with Crippen LogP contribution >= 0.6 is 35.2 Å². The van der Waals surface area contributed by atoms with Crippen molar-refractivity contribution in [2.24, 2.45) is 5.73 Å². The van der Waals surface area contributed by atoms with Crippen LogP contribution in [0, 0.1) is 6.92 Å². The zero-order valence-corrected chi connectivity index (χ0v) is 12.0. The maximum absolute atomic E-state index is 11.7. The zero-order valence-electron chi connectivity index (χ0n) is 9.59. The summed E-state index contributed by atoms with van der Waals surface area (Å²) in [5, 5.41) is 5.26. The number of nitrogens with two attached hydrogens (primary N) is 1. The van der Waals surface area contributed by atoms with Crippen LogP contribution in [-0.2, 0) is 0 Å². The first-order valence-electron chi connectivity index (χ1n) is 5.32. The SMILES string of the molecule is Cc1csc(C(=O)NCCCCC(N)=S)c1Cl. The van der Waals surface area contributed by atoms with Gasteiger partial charge in [-0.25, -0.2) is 0 Å².